The fourth-order valence-corrected chi connectivity index (χ4v) is 10.2. The number of nitrogens with one attached hydrogen (secondary N) is 2. The van der Waals surface area contributed by atoms with Crippen molar-refractivity contribution in [1.82, 2.24) is 43.7 Å². The third kappa shape index (κ3) is 10.3. The number of hydrogen-bond donors (Lipinski definition) is 3. The van der Waals surface area contributed by atoms with Crippen LogP contribution in [0.1, 0.15) is 74.6 Å². The Hall–Kier alpha value is -5.14. The number of aliphatic hydroxyl groups excluding tert-OH is 1. The molecule has 3 aromatic heterocycles. The van der Waals surface area contributed by atoms with Crippen molar-refractivity contribution in [2.75, 3.05) is 70.9 Å². The normalized spacial score (nSPS) is 22.9. The number of ether oxygens (including phenoxy) is 1. The second-order valence-electron chi connectivity index (χ2n) is 18.3. The molecule has 3 saturated heterocycles. The number of alkyl halides is 3. The predicted octanol–water partition coefficient (Wildman–Crippen LogP) is 5.02. The van der Waals surface area contributed by atoms with Crippen LogP contribution >= 0.6 is 0 Å². The molecule has 3 aliphatic heterocycles. The van der Waals surface area contributed by atoms with E-state index in [0.29, 0.717) is 56.1 Å². The Morgan fingerprint density at radius 3 is 2.40 bits per heavy atom. The van der Waals surface area contributed by atoms with Crippen LogP contribution in [0, 0.1) is 0 Å². The lowest BCUT2D eigenvalue weighted by Crippen LogP contribution is -2.50. The molecule has 18 heteroatoms. The van der Waals surface area contributed by atoms with Crippen LogP contribution in [0.25, 0.3) is 33.2 Å². The first kappa shape index (κ1) is 45.0. The second kappa shape index (κ2) is 19.4. The number of carbonyl (C=O) groups excluding carboxylic acids is 2. The molecule has 4 fully saturated rings. The lowest BCUT2D eigenvalue weighted by Gasteiger charge is -2.38. The molecule has 1 aliphatic carbocycles. The van der Waals surface area contributed by atoms with Crippen LogP contribution in [-0.2, 0) is 34.3 Å². The Morgan fingerprint density at radius 2 is 1.65 bits per heavy atom. The number of anilines is 1. The van der Waals surface area contributed by atoms with Gasteiger partial charge in [-0.05, 0) is 80.3 Å². The van der Waals surface area contributed by atoms with Crippen LogP contribution in [0.15, 0.2) is 59.7 Å². The highest BCUT2D eigenvalue weighted by molar-refractivity contribution is 6.00. The third-order valence-electron chi connectivity index (χ3n) is 13.9. The summed E-state index contributed by atoms with van der Waals surface area (Å²) in [6, 6.07) is 14.5. The molecule has 2 atom stereocenters. The minimum atomic E-state index is -4.26. The van der Waals surface area contributed by atoms with Gasteiger partial charge in [0.2, 0.25) is 17.8 Å². The van der Waals surface area contributed by atoms with Crippen molar-refractivity contribution in [2.45, 2.75) is 94.7 Å². The van der Waals surface area contributed by atoms with Gasteiger partial charge in [-0.25, -0.2) is 9.78 Å². The molecule has 4 aliphatic rings. The van der Waals surface area contributed by atoms with Gasteiger partial charge in [-0.1, -0.05) is 30.3 Å². The van der Waals surface area contributed by atoms with Crippen LogP contribution in [0.2, 0.25) is 0 Å². The number of fused-ring (bicyclic) bond motifs is 2. The molecular formula is C47H59F3N10O5. The largest absolute Gasteiger partial charge is 0.393 e. The number of carbonyl (C=O) groups is 2. The minimum Gasteiger partial charge on any atom is -0.393 e. The van der Waals surface area contributed by atoms with Gasteiger partial charge in [-0.2, -0.15) is 18.2 Å². The van der Waals surface area contributed by atoms with Crippen molar-refractivity contribution < 1.29 is 32.6 Å². The maximum absolute atomic E-state index is 13.1. The van der Waals surface area contributed by atoms with Crippen molar-refractivity contribution in [2.24, 2.45) is 7.05 Å². The summed E-state index contributed by atoms with van der Waals surface area (Å²) in [7, 11) is 1.71. The maximum atomic E-state index is 13.1. The number of aryl methyl sites for hydroxylation is 1. The fourth-order valence-electron chi connectivity index (χ4n) is 10.2. The molecule has 0 spiro atoms. The van der Waals surface area contributed by atoms with Gasteiger partial charge >= 0.3 is 11.9 Å². The molecular weight excluding hydrogens is 842 g/mol. The highest BCUT2D eigenvalue weighted by Crippen LogP contribution is 2.37. The Bertz CT molecular complexity index is 2540. The summed E-state index contributed by atoms with van der Waals surface area (Å²) in [6.07, 6.45) is 3.63. The summed E-state index contributed by atoms with van der Waals surface area (Å²) >= 11 is 0. The SMILES string of the molecule is Cn1c(=O)n(C2CCC(=O)NC2=O)c2ccc(CCOCCN3CCC(N4CCN(Cc5ccc(-c6cn([C@H]7CC[C@H](O)CC7)c7nc(NCCC(F)(F)F)ncc67)cc5)CC4)C3)cc21. The number of piperazine rings is 1. The quantitative estimate of drug-likeness (QED) is 0.0959. The molecule has 348 valence electrons. The van der Waals surface area contributed by atoms with Crippen LogP contribution in [-0.4, -0.2) is 139 Å². The number of benzene rings is 2. The van der Waals surface area contributed by atoms with E-state index < -0.39 is 24.5 Å². The van der Waals surface area contributed by atoms with Gasteiger partial charge in [0.1, 0.15) is 11.7 Å². The van der Waals surface area contributed by atoms with Crippen LogP contribution in [0.4, 0.5) is 19.1 Å². The second-order valence-corrected chi connectivity index (χ2v) is 18.3. The van der Waals surface area contributed by atoms with Crippen molar-refractivity contribution in [3.8, 4) is 11.1 Å². The van der Waals surface area contributed by atoms with E-state index in [-0.39, 0.29) is 42.7 Å². The van der Waals surface area contributed by atoms with Crippen molar-refractivity contribution in [1.29, 1.82) is 0 Å². The van der Waals surface area contributed by atoms with Crippen molar-refractivity contribution in [3.05, 3.63) is 76.5 Å². The molecule has 0 bridgehead atoms. The van der Waals surface area contributed by atoms with E-state index in [1.807, 2.05) is 18.2 Å². The molecule has 0 radical (unpaired) electrons. The van der Waals surface area contributed by atoms with Gasteiger partial charge in [0.15, 0.2) is 0 Å². The van der Waals surface area contributed by atoms with E-state index in [9.17, 15) is 32.7 Å². The summed E-state index contributed by atoms with van der Waals surface area (Å²) in [5, 5.41) is 16.1. The highest BCUT2D eigenvalue weighted by Gasteiger charge is 2.33. The number of imide groups is 1. The molecule has 2 aromatic carbocycles. The van der Waals surface area contributed by atoms with Gasteiger partial charge < -0.3 is 19.7 Å². The summed E-state index contributed by atoms with van der Waals surface area (Å²) in [5.74, 6) is -0.570. The van der Waals surface area contributed by atoms with Gasteiger partial charge in [-0.15, -0.1) is 0 Å². The Morgan fingerprint density at radius 1 is 0.877 bits per heavy atom. The van der Waals surface area contributed by atoms with E-state index in [4.69, 9.17) is 9.72 Å². The number of halogens is 3. The highest BCUT2D eigenvalue weighted by atomic mass is 19.4. The topological polar surface area (TPSA) is 155 Å². The smallest absolute Gasteiger partial charge is 0.390 e. The van der Waals surface area contributed by atoms with E-state index in [2.05, 4.69) is 65.3 Å². The zero-order valence-corrected chi connectivity index (χ0v) is 36.9. The standard InChI is InChI=1S/C47H59F3N10O5/c1-55-41-26-31(4-11-39(41)60(46(55)64)40-12-13-42(62)53-44(40)63)15-24-65-25-23-56-18-14-35(29-56)58-21-19-57(20-22-58)28-32-2-5-33(6-3-32)38-30-59(34-7-9-36(61)10-8-34)43-37(38)27-52-45(54-43)51-17-16-47(48,49)50/h2-6,11,26-27,30,34-36,40,61H,7-10,12-25,28-29H2,1H3,(H,51,52,54)(H,53,62,63)/t34-,35?,36-,40?. The number of aromatic nitrogens is 5. The number of imidazole rings is 1. The molecule has 1 saturated carbocycles. The van der Waals surface area contributed by atoms with Gasteiger partial charge in [-0.3, -0.25) is 38.7 Å². The summed E-state index contributed by atoms with van der Waals surface area (Å²) in [6.45, 7) is 8.85. The van der Waals surface area contributed by atoms with E-state index in [0.717, 1.165) is 99.2 Å². The third-order valence-corrected chi connectivity index (χ3v) is 13.9. The lowest BCUT2D eigenvalue weighted by molar-refractivity contribution is -0.136. The van der Waals surface area contributed by atoms with Gasteiger partial charge in [0.05, 0.1) is 36.8 Å². The monoisotopic (exact) mass is 900 g/mol. The van der Waals surface area contributed by atoms with Crippen LogP contribution < -0.4 is 16.3 Å². The first-order valence-electron chi connectivity index (χ1n) is 23.1. The first-order valence-corrected chi connectivity index (χ1v) is 23.1. The number of nitrogens with zero attached hydrogens (tertiary/aromatic N) is 8. The van der Waals surface area contributed by atoms with Crippen molar-refractivity contribution >= 4 is 39.8 Å². The van der Waals surface area contributed by atoms with Gasteiger partial charge in [0.25, 0.3) is 0 Å². The zero-order valence-electron chi connectivity index (χ0n) is 36.9. The number of piperidine rings is 1. The Labute approximate surface area is 375 Å². The lowest BCUT2D eigenvalue weighted by atomic mass is 9.93. The molecule has 9 rings (SSSR count). The van der Waals surface area contributed by atoms with E-state index in [1.165, 1.54) is 10.1 Å². The molecule has 65 heavy (non-hydrogen) atoms. The molecule has 2 amide bonds. The number of hydrogen-bond acceptors (Lipinski definition) is 11. The van der Waals surface area contributed by atoms with E-state index >= 15 is 0 Å². The van der Waals surface area contributed by atoms with Crippen molar-refractivity contribution in [3.63, 3.8) is 0 Å². The maximum Gasteiger partial charge on any atom is 0.390 e. The minimum absolute atomic E-state index is 0.134. The number of rotatable bonds is 15. The summed E-state index contributed by atoms with van der Waals surface area (Å²) in [4.78, 5) is 54.0. The predicted molar refractivity (Wildman–Crippen MR) is 240 cm³/mol. The molecule has 6 heterocycles. The average Bonchev–Trinajstić information content (AvgIpc) is 3.98. The fraction of sp³-hybridized carbons (Fsp3) is 0.553. The molecule has 2 unspecified atom stereocenters. The molecule has 3 N–H and O–H groups in total. The summed E-state index contributed by atoms with van der Waals surface area (Å²) < 4.78 is 49.7. The zero-order chi connectivity index (χ0) is 45.2. The van der Waals surface area contributed by atoms with Gasteiger partial charge in [0, 0.05) is 101 Å². The summed E-state index contributed by atoms with van der Waals surface area (Å²) in [5.41, 5.74) is 6.16. The van der Waals surface area contributed by atoms with Crippen LogP contribution in [0.3, 0.4) is 0 Å². The van der Waals surface area contributed by atoms with E-state index in [1.54, 1.807) is 17.8 Å². The number of aliphatic hydroxyl groups is 1. The number of amides is 2. The molecule has 5 aromatic rings. The molecule has 15 nitrogen and oxygen atoms in total. The average molecular weight is 901 g/mol. The Balaban J connectivity index is 0.724. The Kier molecular flexibility index (Phi) is 13.4. The first-order chi connectivity index (χ1) is 31.4. The van der Waals surface area contributed by atoms with Crippen LogP contribution in [0.5, 0.6) is 0 Å². The number of likely N-dealkylation sites (tertiary alicyclic amines) is 1.